The van der Waals surface area contributed by atoms with Crippen LogP contribution in [0.5, 0.6) is 0 Å². The summed E-state index contributed by atoms with van der Waals surface area (Å²) in [7, 11) is 0. The predicted molar refractivity (Wildman–Crippen MR) is 99.4 cm³/mol. The van der Waals surface area contributed by atoms with Gasteiger partial charge in [0.15, 0.2) is 0 Å². The largest absolute Gasteiger partial charge is 0.465 e. The number of carboxylic acid groups (broad SMARTS) is 1. The van der Waals surface area contributed by atoms with Crippen LogP contribution in [-0.2, 0) is 0 Å². The van der Waals surface area contributed by atoms with E-state index in [0.717, 1.165) is 0 Å². The molecule has 0 fully saturated rings. The van der Waals surface area contributed by atoms with Crippen LogP contribution in [0.4, 0.5) is 4.79 Å². The average Bonchev–Trinajstić information content (AvgIpc) is 2.50. The van der Waals surface area contributed by atoms with E-state index in [2.05, 4.69) is 42.6 Å². The molecule has 0 radical (unpaired) electrons. The van der Waals surface area contributed by atoms with Gasteiger partial charge in [-0.3, -0.25) is 0 Å². The quantitative estimate of drug-likeness (QED) is 0.839. The van der Waals surface area contributed by atoms with Gasteiger partial charge in [-0.25, -0.2) is 4.79 Å². The minimum atomic E-state index is -0.881. The van der Waals surface area contributed by atoms with E-state index < -0.39 is 11.6 Å². The van der Waals surface area contributed by atoms with Gasteiger partial charge in [0, 0.05) is 24.2 Å². The Morgan fingerprint density at radius 2 is 1.75 bits per heavy atom. The first-order valence-corrected chi connectivity index (χ1v) is 8.44. The van der Waals surface area contributed by atoms with Crippen molar-refractivity contribution in [3.8, 4) is 0 Å². The van der Waals surface area contributed by atoms with Gasteiger partial charge < -0.3 is 15.3 Å². The summed E-state index contributed by atoms with van der Waals surface area (Å²) < 4.78 is 0. The second-order valence-electron chi connectivity index (χ2n) is 7.42. The fourth-order valence-corrected chi connectivity index (χ4v) is 3.11. The van der Waals surface area contributed by atoms with E-state index in [1.165, 1.54) is 21.2 Å². The van der Waals surface area contributed by atoms with Crippen LogP contribution in [0, 0.1) is 0 Å². The molecule has 0 bridgehead atoms. The third kappa shape index (κ3) is 4.26. The molecule has 1 amide bonds. The van der Waals surface area contributed by atoms with E-state index in [9.17, 15) is 9.90 Å². The van der Waals surface area contributed by atoms with Crippen molar-refractivity contribution in [2.24, 2.45) is 0 Å². The molecule has 2 unspecified atom stereocenters. The molecule has 130 valence electrons. The van der Waals surface area contributed by atoms with Gasteiger partial charge in [-0.05, 0) is 51.0 Å². The number of fused-ring (bicyclic) bond motifs is 1. The number of nitrogens with one attached hydrogen (secondary N) is 1. The molecule has 2 aromatic rings. The van der Waals surface area contributed by atoms with E-state index in [4.69, 9.17) is 0 Å². The zero-order valence-electron chi connectivity index (χ0n) is 15.2. The minimum absolute atomic E-state index is 0.0503. The van der Waals surface area contributed by atoms with Crippen LogP contribution >= 0.6 is 0 Å². The summed E-state index contributed by atoms with van der Waals surface area (Å²) in [5, 5.41) is 15.4. The van der Waals surface area contributed by atoms with Gasteiger partial charge in [-0.2, -0.15) is 0 Å². The van der Waals surface area contributed by atoms with E-state index in [-0.39, 0.29) is 12.1 Å². The first-order chi connectivity index (χ1) is 11.2. The van der Waals surface area contributed by atoms with Crippen molar-refractivity contribution >= 4 is 16.9 Å². The van der Waals surface area contributed by atoms with Crippen LogP contribution in [0.3, 0.4) is 0 Å². The summed E-state index contributed by atoms with van der Waals surface area (Å²) >= 11 is 0. The highest BCUT2D eigenvalue weighted by atomic mass is 16.4. The van der Waals surface area contributed by atoms with Gasteiger partial charge in [0.2, 0.25) is 0 Å². The summed E-state index contributed by atoms with van der Waals surface area (Å²) in [5.41, 5.74) is 0.822. The molecule has 4 nitrogen and oxygen atoms in total. The molecule has 0 aromatic heterocycles. The number of benzene rings is 2. The number of carbonyl (C=O) groups is 1. The molecule has 2 N–H and O–H groups in total. The highest BCUT2D eigenvalue weighted by Gasteiger charge is 2.27. The SMILES string of the molecule is CC(CN(C(=O)O)C(C)(C)C)NC(C)c1cccc2ccccc12. The van der Waals surface area contributed by atoms with Gasteiger partial charge in [0.1, 0.15) is 0 Å². The van der Waals surface area contributed by atoms with E-state index >= 15 is 0 Å². The van der Waals surface area contributed by atoms with Crippen LogP contribution < -0.4 is 5.32 Å². The number of amides is 1. The van der Waals surface area contributed by atoms with Gasteiger partial charge in [0.05, 0.1) is 0 Å². The first-order valence-electron chi connectivity index (χ1n) is 8.44. The number of hydrogen-bond donors (Lipinski definition) is 2. The van der Waals surface area contributed by atoms with Gasteiger partial charge in [-0.15, -0.1) is 0 Å². The Hall–Kier alpha value is -2.07. The normalized spacial score (nSPS) is 14.4. The number of nitrogens with zero attached hydrogens (tertiary/aromatic N) is 1. The van der Waals surface area contributed by atoms with Crippen molar-refractivity contribution in [3.63, 3.8) is 0 Å². The van der Waals surface area contributed by atoms with Crippen molar-refractivity contribution in [3.05, 3.63) is 48.0 Å². The monoisotopic (exact) mass is 328 g/mol. The summed E-state index contributed by atoms with van der Waals surface area (Å²) in [4.78, 5) is 13.0. The molecule has 0 heterocycles. The Kier molecular flexibility index (Phi) is 5.50. The molecule has 0 aliphatic carbocycles. The van der Waals surface area contributed by atoms with Crippen LogP contribution in [0.1, 0.15) is 46.2 Å². The highest BCUT2D eigenvalue weighted by molar-refractivity contribution is 5.86. The van der Waals surface area contributed by atoms with Gasteiger partial charge in [-0.1, -0.05) is 42.5 Å². The van der Waals surface area contributed by atoms with Crippen LogP contribution in [0.25, 0.3) is 10.8 Å². The first kappa shape index (κ1) is 18.3. The number of rotatable bonds is 5. The maximum absolute atomic E-state index is 11.5. The molecule has 2 rings (SSSR count). The fourth-order valence-electron chi connectivity index (χ4n) is 3.11. The van der Waals surface area contributed by atoms with Crippen molar-refractivity contribution in [1.82, 2.24) is 10.2 Å². The summed E-state index contributed by atoms with van der Waals surface area (Å²) in [6.07, 6.45) is -0.881. The minimum Gasteiger partial charge on any atom is -0.465 e. The predicted octanol–water partition coefficient (Wildman–Crippen LogP) is 4.66. The Morgan fingerprint density at radius 1 is 1.12 bits per heavy atom. The van der Waals surface area contributed by atoms with Gasteiger partial charge in [0.25, 0.3) is 0 Å². The second kappa shape index (κ2) is 7.22. The van der Waals surface area contributed by atoms with Crippen molar-refractivity contribution in [2.45, 2.75) is 52.2 Å². The third-order valence-electron chi connectivity index (χ3n) is 4.32. The molecule has 4 heteroatoms. The second-order valence-corrected chi connectivity index (χ2v) is 7.42. The lowest BCUT2D eigenvalue weighted by Gasteiger charge is -2.36. The smallest absolute Gasteiger partial charge is 0.407 e. The van der Waals surface area contributed by atoms with Crippen molar-refractivity contribution in [1.29, 1.82) is 0 Å². The molecule has 2 atom stereocenters. The Balaban J connectivity index is 2.13. The van der Waals surface area contributed by atoms with Crippen molar-refractivity contribution < 1.29 is 9.90 Å². The molecule has 0 saturated heterocycles. The lowest BCUT2D eigenvalue weighted by Crippen LogP contribution is -2.51. The maximum atomic E-state index is 11.5. The van der Waals surface area contributed by atoms with Crippen LogP contribution in [0.15, 0.2) is 42.5 Å². The lowest BCUT2D eigenvalue weighted by molar-refractivity contribution is 0.0934. The Bertz CT molecular complexity index is 701. The van der Waals surface area contributed by atoms with E-state index in [1.54, 1.807) is 0 Å². The molecule has 24 heavy (non-hydrogen) atoms. The molecule has 0 saturated carbocycles. The Labute approximate surface area is 144 Å². The fraction of sp³-hybridized carbons (Fsp3) is 0.450. The molecule has 0 aliphatic rings. The topological polar surface area (TPSA) is 52.6 Å². The zero-order chi connectivity index (χ0) is 17.9. The zero-order valence-corrected chi connectivity index (χ0v) is 15.2. The average molecular weight is 328 g/mol. The Morgan fingerprint density at radius 3 is 2.38 bits per heavy atom. The third-order valence-corrected chi connectivity index (χ3v) is 4.32. The molecule has 0 aliphatic heterocycles. The van der Waals surface area contributed by atoms with Crippen molar-refractivity contribution in [2.75, 3.05) is 6.54 Å². The standard InChI is InChI=1S/C20H28N2O2/c1-14(13-22(19(23)24)20(3,4)5)21-15(2)17-12-8-10-16-9-6-7-11-18(16)17/h6-12,14-15,21H,13H2,1-5H3,(H,23,24). The van der Waals surface area contributed by atoms with Gasteiger partial charge >= 0.3 is 6.09 Å². The molecular formula is C20H28N2O2. The summed E-state index contributed by atoms with van der Waals surface area (Å²) in [6.45, 7) is 10.4. The highest BCUT2D eigenvalue weighted by Crippen LogP contribution is 2.24. The summed E-state index contributed by atoms with van der Waals surface area (Å²) in [5.74, 6) is 0. The molecular weight excluding hydrogens is 300 g/mol. The van der Waals surface area contributed by atoms with Crippen LogP contribution in [0.2, 0.25) is 0 Å². The molecule has 2 aromatic carbocycles. The summed E-state index contributed by atoms with van der Waals surface area (Å²) in [6, 6.07) is 14.8. The van der Waals surface area contributed by atoms with E-state index in [0.29, 0.717) is 6.54 Å². The molecule has 0 spiro atoms. The number of hydrogen-bond acceptors (Lipinski definition) is 2. The van der Waals surface area contributed by atoms with E-state index in [1.807, 2.05) is 39.8 Å². The maximum Gasteiger partial charge on any atom is 0.407 e. The lowest BCUT2D eigenvalue weighted by atomic mass is 9.99. The van der Waals surface area contributed by atoms with Crippen LogP contribution in [-0.4, -0.2) is 34.2 Å².